The molecular weight excluding hydrogens is 520 g/mol. The number of nitrogens with zero attached hydrogens (tertiary/aromatic N) is 2. The summed E-state index contributed by atoms with van der Waals surface area (Å²) in [6.07, 6.45) is 1.53. The zero-order valence-electron chi connectivity index (χ0n) is 19.1. The van der Waals surface area contributed by atoms with Crippen molar-refractivity contribution in [3.63, 3.8) is 0 Å². The number of anilines is 1. The lowest BCUT2D eigenvalue weighted by atomic mass is 10.1. The maximum atomic E-state index is 13.8. The molecule has 180 valence electrons. The number of amides is 1. The van der Waals surface area contributed by atoms with Crippen LogP contribution in [0.4, 0.5) is 10.1 Å². The highest BCUT2D eigenvalue weighted by Crippen LogP contribution is 2.25. The second-order valence-corrected chi connectivity index (χ2v) is 9.84. The summed E-state index contributed by atoms with van der Waals surface area (Å²) in [5.41, 5.74) is 2.24. The van der Waals surface area contributed by atoms with Crippen molar-refractivity contribution in [2.45, 2.75) is 13.8 Å². The lowest BCUT2D eigenvalue weighted by Crippen LogP contribution is -2.32. The van der Waals surface area contributed by atoms with Gasteiger partial charge in [0.1, 0.15) is 16.5 Å². The van der Waals surface area contributed by atoms with Gasteiger partial charge in [0, 0.05) is 5.02 Å². The molecule has 1 aromatic heterocycles. The van der Waals surface area contributed by atoms with Gasteiger partial charge in [-0.1, -0.05) is 47.5 Å². The summed E-state index contributed by atoms with van der Waals surface area (Å²) < 4.78 is 15.5. The van der Waals surface area contributed by atoms with E-state index in [0.717, 1.165) is 22.5 Å². The number of benzene rings is 3. The third-order valence-electron chi connectivity index (χ3n) is 5.31. The number of thiazole rings is 1. The number of hydrogen-bond donors (Lipinski definition) is 1. The van der Waals surface area contributed by atoms with Crippen LogP contribution >= 0.6 is 34.5 Å². The number of nitrogens with one attached hydrogen (secondary N) is 1. The normalized spacial score (nSPS) is 12.3. The van der Waals surface area contributed by atoms with Gasteiger partial charge in [0.2, 0.25) is 0 Å². The minimum Gasteiger partial charge on any atom is -0.320 e. The van der Waals surface area contributed by atoms with Crippen molar-refractivity contribution in [1.82, 2.24) is 4.57 Å². The highest BCUT2D eigenvalue weighted by molar-refractivity contribution is 7.07. The van der Waals surface area contributed by atoms with E-state index in [9.17, 15) is 19.2 Å². The first-order valence-electron chi connectivity index (χ1n) is 10.7. The van der Waals surface area contributed by atoms with Gasteiger partial charge in [0.15, 0.2) is 5.57 Å². The summed E-state index contributed by atoms with van der Waals surface area (Å²) in [5.74, 6) is -1.18. The van der Waals surface area contributed by atoms with Gasteiger partial charge in [-0.2, -0.15) is 5.26 Å². The minimum atomic E-state index is -0.737. The monoisotopic (exact) mass is 537 g/mol. The number of nitriles is 1. The highest BCUT2D eigenvalue weighted by atomic mass is 35.5. The van der Waals surface area contributed by atoms with E-state index in [0.29, 0.717) is 16.3 Å². The van der Waals surface area contributed by atoms with Crippen LogP contribution in [-0.2, 0) is 4.79 Å². The molecule has 0 aliphatic carbocycles. The fourth-order valence-corrected chi connectivity index (χ4v) is 5.10. The molecule has 0 bridgehead atoms. The molecule has 36 heavy (non-hydrogen) atoms. The second-order valence-electron chi connectivity index (χ2n) is 7.97. The molecule has 0 aliphatic heterocycles. The number of rotatable bonds is 4. The largest absolute Gasteiger partial charge is 0.320 e. The lowest BCUT2D eigenvalue weighted by molar-refractivity contribution is -0.111. The first-order chi connectivity index (χ1) is 17.2. The van der Waals surface area contributed by atoms with Gasteiger partial charge in [-0.05, 0) is 73.0 Å². The van der Waals surface area contributed by atoms with Crippen molar-refractivity contribution in [1.29, 1.82) is 5.26 Å². The number of aromatic nitrogens is 1. The van der Waals surface area contributed by atoms with Crippen molar-refractivity contribution in [3.05, 3.63) is 113 Å². The molecule has 3 aromatic carbocycles. The molecule has 0 fully saturated rings. The van der Waals surface area contributed by atoms with Crippen LogP contribution in [0.15, 0.2) is 65.5 Å². The molecule has 0 unspecified atom stereocenters. The van der Waals surface area contributed by atoms with Crippen molar-refractivity contribution in [2.75, 3.05) is 5.32 Å². The standard InChI is InChI=1S/C27H18Cl2FN3O2S/c1-15-6-7-16(2)23(10-15)33-26(35)24(12-17-4-3-5-19(30)11-17)36-27(33)20(14-31)25(34)32-22-9-8-18(28)13-21(22)29/h3-13H,1-2H3,(H,32,34). The molecular formula is C27H18Cl2FN3O2S. The van der Waals surface area contributed by atoms with Crippen LogP contribution in [0.25, 0.3) is 17.3 Å². The molecule has 1 amide bonds. The summed E-state index contributed by atoms with van der Waals surface area (Å²) in [6.45, 7) is 3.71. The number of hydrogen-bond acceptors (Lipinski definition) is 4. The Labute approximate surface area is 220 Å². The average molecular weight is 538 g/mol. The molecule has 4 rings (SSSR count). The number of carbonyl (C=O) groups excluding carboxylic acids is 1. The molecule has 0 atom stereocenters. The Morgan fingerprint density at radius 1 is 1.11 bits per heavy atom. The number of halogens is 3. The van der Waals surface area contributed by atoms with Gasteiger partial charge in [-0.25, -0.2) is 4.39 Å². The maximum Gasteiger partial charge on any atom is 0.273 e. The summed E-state index contributed by atoms with van der Waals surface area (Å²) in [7, 11) is 0. The molecule has 0 spiro atoms. The van der Waals surface area contributed by atoms with Crippen LogP contribution in [0.1, 0.15) is 16.7 Å². The zero-order valence-corrected chi connectivity index (χ0v) is 21.4. The Kier molecular flexibility index (Phi) is 7.41. The van der Waals surface area contributed by atoms with Crippen molar-refractivity contribution < 1.29 is 9.18 Å². The fourth-order valence-electron chi connectivity index (χ4n) is 3.55. The van der Waals surface area contributed by atoms with Gasteiger partial charge in [0.05, 0.1) is 20.9 Å². The van der Waals surface area contributed by atoms with Crippen LogP contribution in [0, 0.1) is 31.0 Å². The lowest BCUT2D eigenvalue weighted by Gasteiger charge is -2.10. The average Bonchev–Trinajstić information content (AvgIpc) is 3.13. The molecule has 9 heteroatoms. The maximum absolute atomic E-state index is 13.8. The summed E-state index contributed by atoms with van der Waals surface area (Å²) >= 11 is 13.1. The molecule has 5 nitrogen and oxygen atoms in total. The van der Waals surface area contributed by atoms with Crippen molar-refractivity contribution in [3.8, 4) is 11.8 Å². The van der Waals surface area contributed by atoms with E-state index in [-0.39, 0.29) is 25.5 Å². The topological polar surface area (TPSA) is 74.9 Å². The predicted octanol–water partition coefficient (Wildman–Crippen LogP) is 5.10. The Balaban J connectivity index is 2.01. The van der Waals surface area contributed by atoms with E-state index in [1.165, 1.54) is 41.0 Å². The molecule has 1 N–H and O–H groups in total. The fraction of sp³-hybridized carbons (Fsp3) is 0.0741. The Bertz CT molecular complexity index is 1740. The van der Waals surface area contributed by atoms with E-state index in [1.807, 2.05) is 38.1 Å². The summed E-state index contributed by atoms with van der Waals surface area (Å²) in [4.78, 5) is 26.8. The van der Waals surface area contributed by atoms with Crippen LogP contribution in [0.5, 0.6) is 0 Å². The Morgan fingerprint density at radius 2 is 1.89 bits per heavy atom. The molecule has 0 radical (unpaired) electrons. The van der Waals surface area contributed by atoms with Crippen LogP contribution in [-0.4, -0.2) is 10.5 Å². The van der Waals surface area contributed by atoms with E-state index < -0.39 is 17.3 Å². The Hall–Kier alpha value is -3.70. The number of carbonyl (C=O) groups is 1. The highest BCUT2D eigenvalue weighted by Gasteiger charge is 2.19. The molecule has 1 heterocycles. The molecule has 4 aromatic rings. The van der Waals surface area contributed by atoms with Gasteiger partial charge in [0.25, 0.3) is 11.5 Å². The van der Waals surface area contributed by atoms with Crippen LogP contribution in [0.2, 0.25) is 10.0 Å². The van der Waals surface area contributed by atoms with Crippen LogP contribution < -0.4 is 20.1 Å². The van der Waals surface area contributed by atoms with Crippen molar-refractivity contribution in [2.24, 2.45) is 0 Å². The van der Waals surface area contributed by atoms with Crippen molar-refractivity contribution >= 4 is 57.8 Å². The predicted molar refractivity (Wildman–Crippen MR) is 143 cm³/mol. The Morgan fingerprint density at radius 3 is 2.58 bits per heavy atom. The second kappa shape index (κ2) is 10.5. The van der Waals surface area contributed by atoms with E-state index in [2.05, 4.69) is 5.32 Å². The summed E-state index contributed by atoms with van der Waals surface area (Å²) in [5, 5.41) is 13.2. The quantitative estimate of drug-likeness (QED) is 0.393. The minimum absolute atomic E-state index is 0.140. The third-order valence-corrected chi connectivity index (χ3v) is 6.95. The van der Waals surface area contributed by atoms with Gasteiger partial charge in [-0.3, -0.25) is 14.2 Å². The van der Waals surface area contributed by atoms with E-state index >= 15 is 0 Å². The first kappa shape index (κ1) is 25.4. The van der Waals surface area contributed by atoms with Crippen LogP contribution in [0.3, 0.4) is 0 Å². The smallest absolute Gasteiger partial charge is 0.273 e. The third kappa shape index (κ3) is 5.26. The molecule has 0 saturated heterocycles. The molecule has 0 saturated carbocycles. The first-order valence-corrected chi connectivity index (χ1v) is 12.2. The zero-order chi connectivity index (χ0) is 26.0. The van der Waals surface area contributed by atoms with Gasteiger partial charge in [-0.15, -0.1) is 11.3 Å². The SMILES string of the molecule is Cc1ccc(C)c(-n2c(=C(C#N)C(=O)Nc3ccc(Cl)cc3Cl)sc(=Cc3cccc(F)c3)c2=O)c1. The summed E-state index contributed by atoms with van der Waals surface area (Å²) in [6, 6.07) is 17.8. The van der Waals surface area contributed by atoms with Gasteiger partial charge >= 0.3 is 0 Å². The van der Waals surface area contributed by atoms with E-state index in [1.54, 1.807) is 12.1 Å². The van der Waals surface area contributed by atoms with E-state index in [4.69, 9.17) is 23.2 Å². The molecule has 0 aliphatic rings. The number of aryl methyl sites for hydroxylation is 2. The van der Waals surface area contributed by atoms with Gasteiger partial charge < -0.3 is 5.32 Å².